The molecule has 0 unspecified atom stereocenters. The average Bonchev–Trinajstić information content (AvgIpc) is 2.56. The normalized spacial score (nSPS) is 11.2. The topological polar surface area (TPSA) is 88.2 Å². The number of pyridine rings is 1. The van der Waals surface area contributed by atoms with Crippen LogP contribution in [0.2, 0.25) is 0 Å². The van der Waals surface area contributed by atoms with E-state index in [2.05, 4.69) is 15.0 Å². The number of benzene rings is 1. The van der Waals surface area contributed by atoms with Crippen molar-refractivity contribution in [3.8, 4) is 0 Å². The summed E-state index contributed by atoms with van der Waals surface area (Å²) in [5.41, 5.74) is 3.57. The van der Waals surface area contributed by atoms with Gasteiger partial charge >= 0.3 is 0 Å². The summed E-state index contributed by atoms with van der Waals surface area (Å²) in [7, 11) is -3.58. The van der Waals surface area contributed by atoms with Gasteiger partial charge in [0, 0.05) is 18.9 Å². The maximum absolute atomic E-state index is 12.1. The van der Waals surface area contributed by atoms with E-state index < -0.39 is 10.0 Å². The van der Waals surface area contributed by atoms with Crippen molar-refractivity contribution < 1.29 is 13.2 Å². The molecular formula is C17H21N3O3S. The summed E-state index contributed by atoms with van der Waals surface area (Å²) in [4.78, 5) is 15.7. The second kappa shape index (κ2) is 8.03. The number of nitrogens with one attached hydrogen (secondary N) is 2. The molecule has 0 aliphatic rings. The molecule has 0 saturated heterocycles. The second-order valence-corrected chi connectivity index (χ2v) is 7.38. The fraction of sp³-hybridized carbons (Fsp3) is 0.294. The first-order chi connectivity index (χ1) is 11.4. The largest absolute Gasteiger partial charge is 0.351 e. The van der Waals surface area contributed by atoms with Crippen molar-refractivity contribution in [1.82, 2.24) is 15.0 Å². The Balaban J connectivity index is 1.86. The van der Waals surface area contributed by atoms with Crippen LogP contribution in [0.1, 0.15) is 22.3 Å². The van der Waals surface area contributed by atoms with E-state index in [4.69, 9.17) is 0 Å². The zero-order chi connectivity index (χ0) is 17.6. The number of carbonyl (C=O) groups is 1. The Morgan fingerprint density at radius 3 is 2.67 bits per heavy atom. The number of rotatable bonds is 7. The van der Waals surface area contributed by atoms with Gasteiger partial charge < -0.3 is 5.32 Å². The molecule has 1 aromatic carbocycles. The van der Waals surface area contributed by atoms with Crippen LogP contribution >= 0.6 is 0 Å². The molecule has 1 heterocycles. The number of amides is 1. The van der Waals surface area contributed by atoms with Crippen LogP contribution in [0, 0.1) is 13.8 Å². The first kappa shape index (κ1) is 18.1. The Morgan fingerprint density at radius 1 is 1.17 bits per heavy atom. The predicted octanol–water partition coefficient (Wildman–Crippen LogP) is 1.43. The SMILES string of the molecule is Cc1cccc(CS(=O)(=O)NCC(=O)NCc2cccnc2)c1C. The van der Waals surface area contributed by atoms with Crippen molar-refractivity contribution in [3.63, 3.8) is 0 Å². The molecule has 0 aliphatic carbocycles. The molecule has 2 aromatic rings. The van der Waals surface area contributed by atoms with Crippen molar-refractivity contribution in [3.05, 3.63) is 65.0 Å². The maximum Gasteiger partial charge on any atom is 0.235 e. The number of hydrogen-bond donors (Lipinski definition) is 2. The van der Waals surface area contributed by atoms with E-state index in [9.17, 15) is 13.2 Å². The summed E-state index contributed by atoms with van der Waals surface area (Å²) in [6.07, 6.45) is 3.29. The molecule has 2 rings (SSSR count). The lowest BCUT2D eigenvalue weighted by molar-refractivity contribution is -0.120. The molecule has 0 spiro atoms. The van der Waals surface area contributed by atoms with E-state index in [0.717, 1.165) is 22.3 Å². The summed E-state index contributed by atoms with van der Waals surface area (Å²) in [5.74, 6) is -0.528. The van der Waals surface area contributed by atoms with Gasteiger partial charge in [0.05, 0.1) is 12.3 Å². The van der Waals surface area contributed by atoms with Crippen molar-refractivity contribution >= 4 is 15.9 Å². The van der Waals surface area contributed by atoms with Gasteiger partial charge in [-0.3, -0.25) is 9.78 Å². The van der Waals surface area contributed by atoms with Gasteiger partial charge in [0.2, 0.25) is 15.9 Å². The van der Waals surface area contributed by atoms with Gasteiger partial charge in [-0.05, 0) is 42.2 Å². The lowest BCUT2D eigenvalue weighted by Crippen LogP contribution is -2.37. The van der Waals surface area contributed by atoms with E-state index in [-0.39, 0.29) is 18.2 Å². The van der Waals surface area contributed by atoms with E-state index in [1.165, 1.54) is 0 Å². The van der Waals surface area contributed by atoms with Gasteiger partial charge in [-0.15, -0.1) is 0 Å². The molecule has 7 heteroatoms. The Kier molecular flexibility index (Phi) is 6.05. The van der Waals surface area contributed by atoms with Crippen LogP contribution < -0.4 is 10.0 Å². The molecule has 6 nitrogen and oxygen atoms in total. The quantitative estimate of drug-likeness (QED) is 0.793. The molecular weight excluding hydrogens is 326 g/mol. The van der Waals surface area contributed by atoms with Gasteiger partial charge in [-0.1, -0.05) is 24.3 Å². The first-order valence-electron chi connectivity index (χ1n) is 7.55. The zero-order valence-corrected chi connectivity index (χ0v) is 14.6. The fourth-order valence-corrected chi connectivity index (χ4v) is 3.34. The third kappa shape index (κ3) is 5.43. The smallest absolute Gasteiger partial charge is 0.235 e. The Bertz CT molecular complexity index is 805. The van der Waals surface area contributed by atoms with Crippen LogP contribution in [-0.2, 0) is 27.1 Å². The lowest BCUT2D eigenvalue weighted by atomic mass is 10.1. The lowest BCUT2D eigenvalue weighted by Gasteiger charge is -2.11. The highest BCUT2D eigenvalue weighted by atomic mass is 32.2. The molecule has 128 valence electrons. The van der Waals surface area contributed by atoms with Gasteiger partial charge in [-0.2, -0.15) is 0 Å². The Hall–Kier alpha value is -2.25. The van der Waals surface area contributed by atoms with Gasteiger partial charge in [0.25, 0.3) is 0 Å². The van der Waals surface area contributed by atoms with Crippen molar-refractivity contribution in [2.45, 2.75) is 26.1 Å². The monoisotopic (exact) mass is 347 g/mol. The second-order valence-electron chi connectivity index (χ2n) is 5.58. The molecule has 1 aromatic heterocycles. The molecule has 0 fully saturated rings. The van der Waals surface area contributed by atoms with Crippen molar-refractivity contribution in [1.29, 1.82) is 0 Å². The number of hydrogen-bond acceptors (Lipinski definition) is 4. The number of aromatic nitrogens is 1. The van der Waals surface area contributed by atoms with E-state index in [1.54, 1.807) is 24.5 Å². The van der Waals surface area contributed by atoms with Crippen molar-refractivity contribution in [2.24, 2.45) is 0 Å². The van der Waals surface area contributed by atoms with Crippen LogP contribution in [0.15, 0.2) is 42.7 Å². The standard InChI is InChI=1S/C17H21N3O3S/c1-13-5-3-7-16(14(13)2)12-24(22,23)20-11-17(21)19-10-15-6-4-8-18-9-15/h3-9,20H,10-12H2,1-2H3,(H,19,21). The zero-order valence-electron chi connectivity index (χ0n) is 13.7. The molecule has 0 bridgehead atoms. The highest BCUT2D eigenvalue weighted by molar-refractivity contribution is 7.88. The van der Waals surface area contributed by atoms with Crippen LogP contribution in [-0.4, -0.2) is 25.9 Å². The first-order valence-corrected chi connectivity index (χ1v) is 9.20. The van der Waals surface area contributed by atoms with Gasteiger partial charge in [0.1, 0.15) is 0 Å². The highest BCUT2D eigenvalue weighted by Crippen LogP contribution is 2.15. The predicted molar refractivity (Wildman–Crippen MR) is 92.6 cm³/mol. The number of aryl methyl sites for hydroxylation is 1. The molecule has 0 atom stereocenters. The minimum absolute atomic E-state index is 0.142. The van der Waals surface area contributed by atoms with Crippen LogP contribution in [0.5, 0.6) is 0 Å². The van der Waals surface area contributed by atoms with Crippen LogP contribution in [0.3, 0.4) is 0 Å². The Morgan fingerprint density at radius 2 is 1.96 bits per heavy atom. The molecule has 1 amide bonds. The molecule has 0 saturated carbocycles. The van der Waals surface area contributed by atoms with Crippen molar-refractivity contribution in [2.75, 3.05) is 6.54 Å². The summed E-state index contributed by atoms with van der Waals surface area (Å²) < 4.78 is 26.6. The summed E-state index contributed by atoms with van der Waals surface area (Å²) >= 11 is 0. The minimum atomic E-state index is -3.58. The minimum Gasteiger partial charge on any atom is -0.351 e. The van der Waals surface area contributed by atoms with E-state index >= 15 is 0 Å². The number of nitrogens with zero attached hydrogens (tertiary/aromatic N) is 1. The third-order valence-corrected chi connectivity index (χ3v) is 5.00. The van der Waals surface area contributed by atoms with Crippen LogP contribution in [0.4, 0.5) is 0 Å². The molecule has 0 radical (unpaired) electrons. The summed E-state index contributed by atoms with van der Waals surface area (Å²) in [5, 5.41) is 2.65. The number of carbonyl (C=O) groups excluding carboxylic acids is 1. The van der Waals surface area contributed by atoms with Gasteiger partial charge in [0.15, 0.2) is 0 Å². The summed E-state index contributed by atoms with van der Waals surface area (Å²) in [6, 6.07) is 9.15. The highest BCUT2D eigenvalue weighted by Gasteiger charge is 2.15. The Labute approximate surface area is 142 Å². The fourth-order valence-electron chi connectivity index (χ4n) is 2.17. The molecule has 0 aliphatic heterocycles. The number of sulfonamides is 1. The van der Waals surface area contributed by atoms with E-state index in [0.29, 0.717) is 6.54 Å². The molecule has 2 N–H and O–H groups in total. The molecule has 24 heavy (non-hydrogen) atoms. The average molecular weight is 347 g/mol. The van der Waals surface area contributed by atoms with Gasteiger partial charge in [-0.25, -0.2) is 13.1 Å². The summed E-state index contributed by atoms with van der Waals surface area (Å²) in [6.45, 7) is 3.85. The maximum atomic E-state index is 12.1. The van der Waals surface area contributed by atoms with Crippen LogP contribution in [0.25, 0.3) is 0 Å². The third-order valence-electron chi connectivity index (χ3n) is 3.73. The van der Waals surface area contributed by atoms with E-state index in [1.807, 2.05) is 32.0 Å².